The molecule has 4 aliphatic rings. The average molecular weight is 352 g/mol. The fourth-order valence-electron chi connectivity index (χ4n) is 3.95. The second-order valence-electron chi connectivity index (χ2n) is 8.74. The van der Waals surface area contributed by atoms with Gasteiger partial charge in [0.1, 0.15) is 5.60 Å². The molecule has 0 aromatic carbocycles. The first-order valence-electron chi connectivity index (χ1n) is 9.45. The summed E-state index contributed by atoms with van der Waals surface area (Å²) in [7, 11) is 0. The van der Waals surface area contributed by atoms with E-state index in [0.717, 1.165) is 19.5 Å². The highest BCUT2D eigenvalue weighted by Gasteiger charge is 2.49. The van der Waals surface area contributed by atoms with Gasteiger partial charge in [-0.2, -0.15) is 0 Å². The van der Waals surface area contributed by atoms with Crippen molar-refractivity contribution in [3.63, 3.8) is 0 Å². The topological polar surface area (TPSA) is 56.3 Å². The molecule has 0 N–H and O–H groups in total. The van der Waals surface area contributed by atoms with Crippen LogP contribution in [0.4, 0.5) is 9.59 Å². The summed E-state index contributed by atoms with van der Waals surface area (Å²) < 4.78 is 5.42. The summed E-state index contributed by atoms with van der Waals surface area (Å²) in [6, 6.07) is 1.41. The maximum absolute atomic E-state index is 12.9. The molecule has 2 atom stereocenters. The first-order chi connectivity index (χ1) is 11.7. The molecule has 0 aromatic rings. The summed E-state index contributed by atoms with van der Waals surface area (Å²) in [5.41, 5.74) is -0.485. The van der Waals surface area contributed by atoms with Crippen molar-refractivity contribution in [2.45, 2.75) is 64.8 Å². The van der Waals surface area contributed by atoms with Crippen LogP contribution in [0.2, 0.25) is 0 Å². The van der Waals surface area contributed by atoms with Gasteiger partial charge in [0.15, 0.2) is 0 Å². The van der Waals surface area contributed by atoms with E-state index in [0.29, 0.717) is 44.3 Å². The van der Waals surface area contributed by atoms with E-state index in [4.69, 9.17) is 4.74 Å². The lowest BCUT2D eigenvalue weighted by Crippen LogP contribution is -2.73. The number of ether oxygens (including phenoxy) is 1. The molecule has 0 radical (unpaired) electrons. The van der Waals surface area contributed by atoms with Crippen molar-refractivity contribution in [3.8, 4) is 0 Å². The number of carbonyl (C=O) groups excluding carboxylic acids is 2. The molecule has 2 bridgehead atoms. The number of nitrogens with zero attached hydrogens (tertiary/aromatic N) is 4. The first-order valence-corrected chi connectivity index (χ1v) is 9.45. The van der Waals surface area contributed by atoms with Gasteiger partial charge in [0.25, 0.3) is 0 Å². The minimum Gasteiger partial charge on any atom is -0.444 e. The SMILES string of the molecule is CC(C)N1CC2CC(C1)N2C(=O)N1CCN(C(=O)OC(C)(C)C)CC1. The van der Waals surface area contributed by atoms with Crippen molar-refractivity contribution in [2.75, 3.05) is 39.3 Å². The predicted molar refractivity (Wildman–Crippen MR) is 95.5 cm³/mol. The van der Waals surface area contributed by atoms with Crippen LogP contribution in [0.3, 0.4) is 0 Å². The van der Waals surface area contributed by atoms with E-state index in [9.17, 15) is 9.59 Å². The highest BCUT2D eigenvalue weighted by Crippen LogP contribution is 2.34. The number of piperidine rings is 1. The van der Waals surface area contributed by atoms with Gasteiger partial charge in [-0.05, 0) is 41.0 Å². The van der Waals surface area contributed by atoms with Crippen LogP contribution >= 0.6 is 0 Å². The molecule has 4 saturated heterocycles. The minimum absolute atomic E-state index is 0.147. The lowest BCUT2D eigenvalue weighted by Gasteiger charge is -2.58. The summed E-state index contributed by atoms with van der Waals surface area (Å²) >= 11 is 0. The molecule has 2 unspecified atom stereocenters. The monoisotopic (exact) mass is 352 g/mol. The highest BCUT2D eigenvalue weighted by atomic mass is 16.6. The molecule has 4 rings (SSSR count). The Morgan fingerprint density at radius 1 is 0.960 bits per heavy atom. The maximum Gasteiger partial charge on any atom is 0.410 e. The molecule has 0 aromatic heterocycles. The summed E-state index contributed by atoms with van der Waals surface area (Å²) in [5, 5.41) is 0. The van der Waals surface area contributed by atoms with E-state index in [2.05, 4.69) is 23.6 Å². The molecule has 4 aliphatic heterocycles. The number of urea groups is 1. The van der Waals surface area contributed by atoms with Crippen molar-refractivity contribution in [1.82, 2.24) is 19.6 Å². The summed E-state index contributed by atoms with van der Waals surface area (Å²) in [5.74, 6) is 0. The fourth-order valence-corrected chi connectivity index (χ4v) is 3.95. The van der Waals surface area contributed by atoms with Gasteiger partial charge in [0.2, 0.25) is 0 Å². The Morgan fingerprint density at radius 3 is 1.96 bits per heavy atom. The number of amides is 3. The third kappa shape index (κ3) is 3.86. The molecule has 3 amide bonds. The van der Waals surface area contributed by atoms with Crippen molar-refractivity contribution >= 4 is 12.1 Å². The van der Waals surface area contributed by atoms with E-state index in [1.54, 1.807) is 4.90 Å². The van der Waals surface area contributed by atoms with E-state index in [-0.39, 0.29) is 12.1 Å². The molecule has 4 heterocycles. The summed E-state index contributed by atoms with van der Waals surface area (Å²) in [6.45, 7) is 14.3. The van der Waals surface area contributed by atoms with Crippen LogP contribution in [-0.2, 0) is 4.74 Å². The van der Waals surface area contributed by atoms with Crippen LogP contribution in [0.15, 0.2) is 0 Å². The number of piperazine rings is 2. The molecule has 0 spiro atoms. The lowest BCUT2D eigenvalue weighted by atomic mass is 9.87. The molecule has 25 heavy (non-hydrogen) atoms. The van der Waals surface area contributed by atoms with Crippen LogP contribution in [-0.4, -0.2) is 94.7 Å². The van der Waals surface area contributed by atoms with Crippen LogP contribution in [0.1, 0.15) is 41.0 Å². The number of fused-ring (bicyclic) bond motifs is 2. The zero-order chi connectivity index (χ0) is 18.4. The van der Waals surface area contributed by atoms with Gasteiger partial charge in [0, 0.05) is 57.4 Å². The lowest BCUT2D eigenvalue weighted by molar-refractivity contribution is -0.0581. The molecular weight excluding hydrogens is 320 g/mol. The standard InChI is InChI=1S/C18H32N4O3/c1-13(2)21-11-14-10-15(12-21)22(14)16(23)19-6-8-20(9-7-19)17(24)25-18(3,4)5/h13-15H,6-12H2,1-5H3. The second kappa shape index (κ2) is 6.67. The maximum atomic E-state index is 12.9. The first kappa shape index (κ1) is 18.3. The van der Waals surface area contributed by atoms with Gasteiger partial charge < -0.3 is 19.4 Å². The van der Waals surface area contributed by atoms with E-state index >= 15 is 0 Å². The van der Waals surface area contributed by atoms with Crippen molar-refractivity contribution in [2.24, 2.45) is 0 Å². The highest BCUT2D eigenvalue weighted by molar-refractivity contribution is 5.77. The van der Waals surface area contributed by atoms with Gasteiger partial charge in [0.05, 0.1) is 0 Å². The van der Waals surface area contributed by atoms with Crippen LogP contribution in [0.25, 0.3) is 0 Å². The Hall–Kier alpha value is -1.50. The van der Waals surface area contributed by atoms with Gasteiger partial charge in [-0.3, -0.25) is 4.90 Å². The zero-order valence-corrected chi connectivity index (χ0v) is 16.2. The number of hydrogen-bond acceptors (Lipinski definition) is 4. The van der Waals surface area contributed by atoms with Crippen LogP contribution in [0, 0.1) is 0 Å². The Kier molecular flexibility index (Phi) is 4.88. The van der Waals surface area contributed by atoms with Gasteiger partial charge in [-0.1, -0.05) is 0 Å². The van der Waals surface area contributed by atoms with Crippen LogP contribution in [0.5, 0.6) is 0 Å². The Bertz CT molecular complexity index is 511. The molecule has 0 saturated carbocycles. The van der Waals surface area contributed by atoms with Gasteiger partial charge in [-0.15, -0.1) is 0 Å². The van der Waals surface area contributed by atoms with Gasteiger partial charge in [-0.25, -0.2) is 9.59 Å². The van der Waals surface area contributed by atoms with Crippen molar-refractivity contribution in [3.05, 3.63) is 0 Å². The van der Waals surface area contributed by atoms with Crippen LogP contribution < -0.4 is 0 Å². The minimum atomic E-state index is -0.485. The third-order valence-corrected chi connectivity index (χ3v) is 5.37. The predicted octanol–water partition coefficient (Wildman–Crippen LogP) is 1.83. The Labute approximate surface area is 150 Å². The summed E-state index contributed by atoms with van der Waals surface area (Å²) in [6.07, 6.45) is 0.848. The number of hydrogen-bond donors (Lipinski definition) is 0. The quantitative estimate of drug-likeness (QED) is 0.722. The third-order valence-electron chi connectivity index (χ3n) is 5.37. The molecule has 142 valence electrons. The van der Waals surface area contributed by atoms with E-state index in [1.165, 1.54) is 0 Å². The average Bonchev–Trinajstić information content (AvgIpc) is 2.53. The molecular formula is C18H32N4O3. The van der Waals surface area contributed by atoms with E-state index < -0.39 is 5.60 Å². The molecule has 0 aliphatic carbocycles. The Morgan fingerprint density at radius 2 is 1.48 bits per heavy atom. The number of carbonyl (C=O) groups is 2. The smallest absolute Gasteiger partial charge is 0.410 e. The normalized spacial score (nSPS) is 27.4. The van der Waals surface area contributed by atoms with Crippen molar-refractivity contribution < 1.29 is 14.3 Å². The largest absolute Gasteiger partial charge is 0.444 e. The fraction of sp³-hybridized carbons (Fsp3) is 0.889. The molecule has 7 heteroatoms. The number of rotatable bonds is 1. The second-order valence-corrected chi connectivity index (χ2v) is 8.74. The summed E-state index contributed by atoms with van der Waals surface area (Å²) in [4.78, 5) is 33.1. The zero-order valence-electron chi connectivity index (χ0n) is 16.2. The molecule has 7 nitrogen and oxygen atoms in total. The van der Waals surface area contributed by atoms with Gasteiger partial charge >= 0.3 is 12.1 Å². The molecule has 4 fully saturated rings. The Balaban J connectivity index is 1.49. The van der Waals surface area contributed by atoms with Crippen molar-refractivity contribution in [1.29, 1.82) is 0 Å². The van der Waals surface area contributed by atoms with E-state index in [1.807, 2.05) is 25.7 Å².